The van der Waals surface area contributed by atoms with Crippen molar-refractivity contribution in [2.75, 3.05) is 0 Å². The second kappa shape index (κ2) is 6.22. The molecule has 1 aromatic heterocycles. The second-order valence-corrected chi connectivity index (χ2v) is 6.28. The maximum Gasteiger partial charge on any atom is 0.251 e. The Hall–Kier alpha value is -1.32. The zero-order valence-electron chi connectivity index (χ0n) is 10.9. The molecule has 0 radical (unpaired) electrons. The van der Waals surface area contributed by atoms with Crippen LogP contribution in [0.2, 0.25) is 5.02 Å². The Morgan fingerprint density at radius 3 is 2.47 bits per heavy atom. The molecule has 1 amide bonds. The van der Waals surface area contributed by atoms with Crippen LogP contribution in [0.15, 0.2) is 36.4 Å². The van der Waals surface area contributed by atoms with Crippen molar-refractivity contribution >= 4 is 28.8 Å². The molecule has 0 aliphatic rings. The monoisotopic (exact) mass is 293 g/mol. The molecule has 0 aliphatic carbocycles. The van der Waals surface area contributed by atoms with Gasteiger partial charge in [0.05, 0.1) is 6.54 Å². The molecule has 0 fully saturated rings. The molecule has 1 heterocycles. The van der Waals surface area contributed by atoms with Gasteiger partial charge in [-0.25, -0.2) is 0 Å². The van der Waals surface area contributed by atoms with E-state index in [4.69, 9.17) is 11.6 Å². The summed E-state index contributed by atoms with van der Waals surface area (Å²) in [6, 6.07) is 11.1. The van der Waals surface area contributed by atoms with Gasteiger partial charge in [0.2, 0.25) is 0 Å². The number of carbonyl (C=O) groups excluding carboxylic acids is 1. The van der Waals surface area contributed by atoms with Crippen LogP contribution in [-0.2, 0) is 6.54 Å². The number of hydrogen-bond acceptors (Lipinski definition) is 2. The first-order valence-corrected chi connectivity index (χ1v) is 7.38. The molecule has 0 spiro atoms. The highest BCUT2D eigenvalue weighted by atomic mass is 35.5. The highest BCUT2D eigenvalue weighted by Crippen LogP contribution is 2.24. The third kappa shape index (κ3) is 3.82. The summed E-state index contributed by atoms with van der Waals surface area (Å²) >= 11 is 7.54. The largest absolute Gasteiger partial charge is 0.347 e. The van der Waals surface area contributed by atoms with E-state index in [-0.39, 0.29) is 5.91 Å². The quantitative estimate of drug-likeness (QED) is 0.886. The molecule has 0 bridgehead atoms. The van der Waals surface area contributed by atoms with E-state index in [0.717, 1.165) is 0 Å². The molecule has 2 aromatic rings. The smallest absolute Gasteiger partial charge is 0.251 e. The molecule has 1 N–H and O–H groups in total. The highest BCUT2D eigenvalue weighted by Gasteiger charge is 2.07. The Kier molecular flexibility index (Phi) is 4.61. The van der Waals surface area contributed by atoms with Crippen LogP contribution >= 0.6 is 22.9 Å². The summed E-state index contributed by atoms with van der Waals surface area (Å²) in [5.41, 5.74) is 0.630. The van der Waals surface area contributed by atoms with Crippen molar-refractivity contribution in [2.45, 2.75) is 26.3 Å². The Morgan fingerprint density at radius 2 is 1.89 bits per heavy atom. The first-order valence-electron chi connectivity index (χ1n) is 6.18. The molecule has 0 unspecified atom stereocenters. The highest BCUT2D eigenvalue weighted by molar-refractivity contribution is 7.12. The molecule has 2 rings (SSSR count). The average molecular weight is 294 g/mol. The van der Waals surface area contributed by atoms with Crippen LogP contribution in [0.1, 0.15) is 39.9 Å². The average Bonchev–Trinajstić information content (AvgIpc) is 2.86. The van der Waals surface area contributed by atoms with E-state index in [1.165, 1.54) is 9.75 Å². The summed E-state index contributed by atoms with van der Waals surface area (Å²) < 4.78 is 0. The van der Waals surface area contributed by atoms with E-state index in [1.807, 2.05) is 0 Å². The Labute approximate surface area is 122 Å². The van der Waals surface area contributed by atoms with Gasteiger partial charge in [-0.15, -0.1) is 11.3 Å². The van der Waals surface area contributed by atoms with Gasteiger partial charge in [0.1, 0.15) is 0 Å². The van der Waals surface area contributed by atoms with E-state index < -0.39 is 0 Å². The van der Waals surface area contributed by atoms with E-state index in [2.05, 4.69) is 31.3 Å². The van der Waals surface area contributed by atoms with Gasteiger partial charge in [0.15, 0.2) is 0 Å². The number of halogens is 1. The number of amides is 1. The summed E-state index contributed by atoms with van der Waals surface area (Å²) in [5.74, 6) is 0.460. The van der Waals surface area contributed by atoms with Gasteiger partial charge in [-0.1, -0.05) is 25.4 Å². The summed E-state index contributed by atoms with van der Waals surface area (Å²) in [5, 5.41) is 3.55. The van der Waals surface area contributed by atoms with Crippen LogP contribution in [0.3, 0.4) is 0 Å². The third-order valence-electron chi connectivity index (χ3n) is 2.78. The fraction of sp³-hybridized carbons (Fsp3) is 0.267. The van der Waals surface area contributed by atoms with Crippen molar-refractivity contribution < 1.29 is 4.79 Å². The van der Waals surface area contributed by atoms with Crippen LogP contribution in [0.4, 0.5) is 0 Å². The van der Waals surface area contributed by atoms with Crippen LogP contribution in [-0.4, -0.2) is 5.91 Å². The number of hydrogen-bond donors (Lipinski definition) is 1. The predicted octanol–water partition coefficient (Wildman–Crippen LogP) is 4.45. The third-order valence-corrected chi connectivity index (χ3v) is 4.42. The van der Waals surface area contributed by atoms with Crippen molar-refractivity contribution in [3.05, 3.63) is 56.7 Å². The first kappa shape index (κ1) is 14.1. The number of nitrogens with one attached hydrogen (secondary N) is 1. The molecule has 1 aromatic carbocycles. The molecule has 4 heteroatoms. The van der Waals surface area contributed by atoms with Gasteiger partial charge in [-0.05, 0) is 42.3 Å². The molecular formula is C15H16ClNOS. The van der Waals surface area contributed by atoms with Crippen molar-refractivity contribution in [1.29, 1.82) is 0 Å². The van der Waals surface area contributed by atoms with Gasteiger partial charge in [0.25, 0.3) is 5.91 Å². The summed E-state index contributed by atoms with van der Waals surface area (Å²) in [6.45, 7) is 4.91. The predicted molar refractivity (Wildman–Crippen MR) is 81.0 cm³/mol. The van der Waals surface area contributed by atoms with E-state index in [1.54, 1.807) is 35.6 Å². The fourth-order valence-corrected chi connectivity index (χ4v) is 2.75. The zero-order valence-corrected chi connectivity index (χ0v) is 12.5. The first-order chi connectivity index (χ1) is 9.06. The van der Waals surface area contributed by atoms with Gasteiger partial charge in [0, 0.05) is 20.3 Å². The van der Waals surface area contributed by atoms with E-state index in [0.29, 0.717) is 23.0 Å². The van der Waals surface area contributed by atoms with Gasteiger partial charge >= 0.3 is 0 Å². The van der Waals surface area contributed by atoms with Crippen LogP contribution in [0, 0.1) is 0 Å². The lowest BCUT2D eigenvalue weighted by Crippen LogP contribution is -2.22. The number of thiophene rings is 1. The molecule has 0 aliphatic heterocycles. The summed E-state index contributed by atoms with van der Waals surface area (Å²) in [7, 11) is 0. The van der Waals surface area contributed by atoms with Gasteiger partial charge in [-0.3, -0.25) is 4.79 Å². The number of carbonyl (C=O) groups is 1. The molecule has 0 saturated heterocycles. The lowest BCUT2D eigenvalue weighted by molar-refractivity contribution is 0.0951. The van der Waals surface area contributed by atoms with Crippen molar-refractivity contribution in [3.63, 3.8) is 0 Å². The lowest BCUT2D eigenvalue weighted by atomic mass is 10.2. The molecule has 0 atom stereocenters. The van der Waals surface area contributed by atoms with E-state index >= 15 is 0 Å². The second-order valence-electron chi connectivity index (χ2n) is 4.65. The maximum absolute atomic E-state index is 11.9. The van der Waals surface area contributed by atoms with Gasteiger partial charge < -0.3 is 5.32 Å². The van der Waals surface area contributed by atoms with Crippen molar-refractivity contribution in [1.82, 2.24) is 5.32 Å². The minimum absolute atomic E-state index is 0.0730. The number of rotatable bonds is 4. The fourth-order valence-electron chi connectivity index (χ4n) is 1.67. The molecular weight excluding hydrogens is 278 g/mol. The standard InChI is InChI=1S/C15H16ClNOS/c1-10(2)14-8-7-13(19-14)9-17-15(18)11-3-5-12(16)6-4-11/h3-8,10H,9H2,1-2H3,(H,17,18). The maximum atomic E-state index is 11.9. The molecule has 19 heavy (non-hydrogen) atoms. The lowest BCUT2D eigenvalue weighted by Gasteiger charge is -2.04. The normalized spacial score (nSPS) is 10.7. The molecule has 2 nitrogen and oxygen atoms in total. The van der Waals surface area contributed by atoms with Crippen molar-refractivity contribution in [2.24, 2.45) is 0 Å². The zero-order chi connectivity index (χ0) is 13.8. The Balaban J connectivity index is 1.94. The van der Waals surface area contributed by atoms with Crippen LogP contribution < -0.4 is 5.32 Å². The minimum Gasteiger partial charge on any atom is -0.347 e. The molecule has 100 valence electrons. The van der Waals surface area contributed by atoms with E-state index in [9.17, 15) is 4.79 Å². The summed E-state index contributed by atoms with van der Waals surface area (Å²) in [4.78, 5) is 14.4. The number of benzene rings is 1. The Bertz CT molecular complexity index is 560. The van der Waals surface area contributed by atoms with Crippen molar-refractivity contribution in [3.8, 4) is 0 Å². The van der Waals surface area contributed by atoms with Crippen LogP contribution in [0.25, 0.3) is 0 Å². The SMILES string of the molecule is CC(C)c1ccc(CNC(=O)c2ccc(Cl)cc2)s1. The van der Waals surface area contributed by atoms with Crippen LogP contribution in [0.5, 0.6) is 0 Å². The topological polar surface area (TPSA) is 29.1 Å². The Morgan fingerprint density at radius 1 is 1.21 bits per heavy atom. The molecule has 0 saturated carbocycles. The van der Waals surface area contributed by atoms with Gasteiger partial charge in [-0.2, -0.15) is 0 Å². The summed E-state index contributed by atoms with van der Waals surface area (Å²) in [6.07, 6.45) is 0. The minimum atomic E-state index is -0.0730.